The molecule has 142 valence electrons. The number of carboxylic acids is 1. The van der Waals surface area contributed by atoms with Gasteiger partial charge in [-0.1, -0.05) is 24.3 Å². The Kier molecular flexibility index (Phi) is 6.76. The van der Waals surface area contributed by atoms with Crippen LogP contribution < -0.4 is 11.1 Å². The van der Waals surface area contributed by atoms with Crippen LogP contribution in [0.4, 0.5) is 5.69 Å². The van der Waals surface area contributed by atoms with Crippen molar-refractivity contribution < 1.29 is 14.7 Å². The molecule has 0 aliphatic rings. The monoisotopic (exact) mass is 405 g/mol. The van der Waals surface area contributed by atoms with Crippen molar-refractivity contribution in [1.82, 2.24) is 10.3 Å². The summed E-state index contributed by atoms with van der Waals surface area (Å²) in [5.41, 5.74) is 9.16. The zero-order valence-electron chi connectivity index (χ0n) is 14.7. The van der Waals surface area contributed by atoms with Crippen molar-refractivity contribution in [3.63, 3.8) is 0 Å². The number of aromatic nitrogens is 1. The second kappa shape index (κ2) is 8.83. The van der Waals surface area contributed by atoms with Gasteiger partial charge in [0.1, 0.15) is 9.71 Å². The van der Waals surface area contributed by atoms with Gasteiger partial charge in [0, 0.05) is 17.6 Å². The Morgan fingerprint density at radius 1 is 1.22 bits per heavy atom. The number of halogens is 1. The van der Waals surface area contributed by atoms with E-state index in [2.05, 4.69) is 10.3 Å². The molecule has 4 N–H and O–H groups in total. The number of hydrogen-bond acceptors (Lipinski definition) is 5. The maximum absolute atomic E-state index is 12.4. The third kappa shape index (κ3) is 4.96. The zero-order chi connectivity index (χ0) is 18.7. The lowest BCUT2D eigenvalue weighted by atomic mass is 10.1. The van der Waals surface area contributed by atoms with Gasteiger partial charge in [0.05, 0.1) is 12.1 Å². The molecule has 0 bridgehead atoms. The van der Waals surface area contributed by atoms with Crippen molar-refractivity contribution in [2.45, 2.75) is 19.8 Å². The number of thiophene rings is 1. The van der Waals surface area contributed by atoms with Crippen molar-refractivity contribution in [3.8, 4) is 0 Å². The van der Waals surface area contributed by atoms with Crippen LogP contribution in [0.5, 0.6) is 0 Å². The molecule has 2 heterocycles. The van der Waals surface area contributed by atoms with Crippen LogP contribution in [0.1, 0.15) is 26.5 Å². The van der Waals surface area contributed by atoms with E-state index in [0.717, 1.165) is 27.0 Å². The topological polar surface area (TPSA) is 105 Å². The lowest BCUT2D eigenvalue weighted by molar-refractivity contribution is -0.136. The molecule has 27 heavy (non-hydrogen) atoms. The molecule has 0 radical (unpaired) electrons. The molecule has 0 fully saturated rings. The minimum atomic E-state index is -0.862. The predicted octanol–water partition coefficient (Wildman–Crippen LogP) is 3.21. The number of fused-ring (bicyclic) bond motifs is 1. The van der Waals surface area contributed by atoms with Crippen LogP contribution in [0.2, 0.25) is 0 Å². The highest BCUT2D eigenvalue weighted by molar-refractivity contribution is 7.21. The van der Waals surface area contributed by atoms with Crippen LogP contribution in [0.3, 0.4) is 0 Å². The first-order valence-corrected chi connectivity index (χ1v) is 8.99. The zero-order valence-corrected chi connectivity index (χ0v) is 16.3. The third-order valence-electron chi connectivity index (χ3n) is 3.99. The number of anilines is 1. The molecule has 2 aromatic heterocycles. The molecule has 3 aromatic rings. The average molecular weight is 406 g/mol. The van der Waals surface area contributed by atoms with Gasteiger partial charge >= 0.3 is 5.97 Å². The fraction of sp³-hybridized carbons (Fsp3) is 0.211. The first-order valence-electron chi connectivity index (χ1n) is 8.17. The van der Waals surface area contributed by atoms with E-state index >= 15 is 0 Å². The largest absolute Gasteiger partial charge is 0.481 e. The summed E-state index contributed by atoms with van der Waals surface area (Å²) in [6, 6.07) is 11.1. The van der Waals surface area contributed by atoms with E-state index < -0.39 is 5.97 Å². The summed E-state index contributed by atoms with van der Waals surface area (Å²) in [7, 11) is 0. The minimum absolute atomic E-state index is 0. The van der Waals surface area contributed by atoms with Crippen LogP contribution in [-0.4, -0.2) is 28.5 Å². The van der Waals surface area contributed by atoms with E-state index in [-0.39, 0.29) is 24.7 Å². The molecule has 0 saturated heterocycles. The Morgan fingerprint density at radius 2 is 1.96 bits per heavy atom. The average Bonchev–Trinajstić information content (AvgIpc) is 2.90. The predicted molar refractivity (Wildman–Crippen MR) is 110 cm³/mol. The number of nitrogens with one attached hydrogen (secondary N) is 1. The van der Waals surface area contributed by atoms with Crippen molar-refractivity contribution in [2.24, 2.45) is 0 Å². The fourth-order valence-corrected chi connectivity index (χ4v) is 3.78. The SMILES string of the molecule is Cc1ccc2c(N)c(C(=O)NCCc3cccc(CC(=O)O)c3)sc2n1.Cl. The Morgan fingerprint density at radius 3 is 2.70 bits per heavy atom. The summed E-state index contributed by atoms with van der Waals surface area (Å²) in [6.45, 7) is 2.34. The number of carbonyl (C=O) groups excluding carboxylic acids is 1. The molecule has 0 saturated carbocycles. The van der Waals surface area contributed by atoms with Gasteiger partial charge in [0.2, 0.25) is 0 Å². The number of aliphatic carboxylic acids is 1. The van der Waals surface area contributed by atoms with Crippen LogP contribution in [0.25, 0.3) is 10.2 Å². The summed E-state index contributed by atoms with van der Waals surface area (Å²) < 4.78 is 0. The molecule has 6 nitrogen and oxygen atoms in total. The van der Waals surface area contributed by atoms with E-state index in [9.17, 15) is 9.59 Å². The van der Waals surface area contributed by atoms with Crippen LogP contribution >= 0.6 is 23.7 Å². The van der Waals surface area contributed by atoms with Crippen molar-refractivity contribution in [3.05, 3.63) is 58.1 Å². The van der Waals surface area contributed by atoms with Gasteiger partial charge < -0.3 is 16.2 Å². The van der Waals surface area contributed by atoms with Crippen molar-refractivity contribution in [1.29, 1.82) is 0 Å². The van der Waals surface area contributed by atoms with Crippen molar-refractivity contribution in [2.75, 3.05) is 12.3 Å². The highest BCUT2D eigenvalue weighted by Crippen LogP contribution is 2.32. The van der Waals surface area contributed by atoms with Gasteiger partial charge in [0.25, 0.3) is 5.91 Å². The molecule has 1 amide bonds. The first kappa shape index (κ1) is 20.7. The van der Waals surface area contributed by atoms with Crippen LogP contribution in [0, 0.1) is 6.92 Å². The molecular weight excluding hydrogens is 386 g/mol. The number of rotatable bonds is 6. The highest BCUT2D eigenvalue weighted by atomic mass is 35.5. The maximum Gasteiger partial charge on any atom is 0.307 e. The van der Waals surface area contributed by atoms with Gasteiger partial charge in [-0.15, -0.1) is 23.7 Å². The Labute approximate surface area is 166 Å². The number of carboxylic acid groups (broad SMARTS) is 1. The number of benzene rings is 1. The number of aryl methyl sites for hydroxylation is 1. The quantitative estimate of drug-likeness (QED) is 0.584. The number of nitrogens with zero attached hydrogens (tertiary/aromatic N) is 1. The minimum Gasteiger partial charge on any atom is -0.481 e. The second-order valence-corrected chi connectivity index (χ2v) is 7.05. The molecule has 0 atom stereocenters. The second-order valence-electron chi connectivity index (χ2n) is 6.05. The summed E-state index contributed by atoms with van der Waals surface area (Å²) in [6.07, 6.45) is 0.603. The van der Waals surface area contributed by atoms with Gasteiger partial charge in [-0.05, 0) is 36.6 Å². The third-order valence-corrected chi connectivity index (χ3v) is 5.10. The molecule has 3 rings (SSSR count). The number of nitrogens with two attached hydrogens (primary N) is 1. The number of carbonyl (C=O) groups is 2. The lowest BCUT2D eigenvalue weighted by Crippen LogP contribution is -2.25. The van der Waals surface area contributed by atoms with Crippen LogP contribution in [0.15, 0.2) is 36.4 Å². The van der Waals surface area contributed by atoms with E-state index in [0.29, 0.717) is 23.5 Å². The maximum atomic E-state index is 12.4. The van der Waals surface area contributed by atoms with Crippen molar-refractivity contribution >= 4 is 51.5 Å². The number of pyridine rings is 1. The summed E-state index contributed by atoms with van der Waals surface area (Å²) in [4.78, 5) is 28.9. The number of amides is 1. The molecular formula is C19H20ClN3O3S. The Hall–Kier alpha value is -2.64. The molecule has 0 aliphatic carbocycles. The number of hydrogen-bond donors (Lipinski definition) is 3. The van der Waals surface area contributed by atoms with Gasteiger partial charge in [-0.2, -0.15) is 0 Å². The lowest BCUT2D eigenvalue weighted by Gasteiger charge is -2.06. The molecule has 0 spiro atoms. The van der Waals surface area contributed by atoms with Gasteiger partial charge in [-0.25, -0.2) is 4.98 Å². The first-order chi connectivity index (χ1) is 12.4. The molecule has 1 aromatic carbocycles. The Balaban J connectivity index is 0.00000261. The van der Waals surface area contributed by atoms with Crippen LogP contribution in [-0.2, 0) is 17.6 Å². The summed E-state index contributed by atoms with van der Waals surface area (Å²) >= 11 is 1.29. The Bertz CT molecular complexity index is 987. The smallest absolute Gasteiger partial charge is 0.307 e. The molecule has 0 unspecified atom stereocenters. The fourth-order valence-electron chi connectivity index (χ4n) is 2.73. The standard InChI is InChI=1S/C19H19N3O3S.ClH/c1-11-5-6-14-16(20)17(26-19(14)22-11)18(25)21-8-7-12-3-2-4-13(9-12)10-15(23)24;/h2-6,9H,7-8,10,20H2,1H3,(H,21,25)(H,23,24);1H. The number of nitrogen functional groups attached to an aromatic ring is 1. The van der Waals surface area contributed by atoms with E-state index in [1.54, 1.807) is 6.07 Å². The normalized spacial score (nSPS) is 10.4. The van der Waals surface area contributed by atoms with E-state index in [1.807, 2.05) is 37.3 Å². The van der Waals surface area contributed by atoms with E-state index in [1.165, 1.54) is 11.3 Å². The van der Waals surface area contributed by atoms with E-state index in [4.69, 9.17) is 10.8 Å². The van der Waals surface area contributed by atoms with Gasteiger partial charge in [-0.3, -0.25) is 9.59 Å². The molecule has 8 heteroatoms. The van der Waals surface area contributed by atoms with Gasteiger partial charge in [0.15, 0.2) is 0 Å². The summed E-state index contributed by atoms with van der Waals surface area (Å²) in [5.74, 6) is -1.08. The highest BCUT2D eigenvalue weighted by Gasteiger charge is 2.16. The molecule has 0 aliphatic heterocycles. The summed E-state index contributed by atoms with van der Waals surface area (Å²) in [5, 5.41) is 12.5.